The number of hydrogen-bond donors (Lipinski definition) is 1. The topological polar surface area (TPSA) is 61.0 Å². The van der Waals surface area contributed by atoms with Gasteiger partial charge in [0.15, 0.2) is 0 Å². The number of fused-ring (bicyclic) bond motifs is 1. The molecule has 1 aliphatic carbocycles. The lowest BCUT2D eigenvalue weighted by Crippen LogP contribution is -2.22. The normalized spacial score (nSPS) is 17.1. The molecule has 0 atom stereocenters. The predicted molar refractivity (Wildman–Crippen MR) is 66.1 cm³/mol. The molecule has 0 amide bonds. The Morgan fingerprint density at radius 1 is 1.29 bits per heavy atom. The first kappa shape index (κ1) is 10.5. The molecule has 1 saturated carbocycles. The van der Waals surface area contributed by atoms with Gasteiger partial charge in [0.05, 0.1) is 18.0 Å². The Hall–Kier alpha value is -1.68. The largest absolute Gasteiger partial charge is 0.480 e. The second kappa shape index (κ2) is 3.67. The van der Waals surface area contributed by atoms with E-state index in [9.17, 15) is 0 Å². The molecule has 4 nitrogen and oxygen atoms in total. The molecule has 0 spiro atoms. The van der Waals surface area contributed by atoms with Gasteiger partial charge in [0.25, 0.3) is 0 Å². The Kier molecular flexibility index (Phi) is 2.26. The Morgan fingerprint density at radius 3 is 2.71 bits per heavy atom. The zero-order valence-electron chi connectivity index (χ0n) is 9.81. The van der Waals surface area contributed by atoms with E-state index in [2.05, 4.69) is 9.97 Å². The number of para-hydroxylation sites is 1. The Morgan fingerprint density at radius 2 is 2.06 bits per heavy atom. The number of hydrogen-bond acceptors (Lipinski definition) is 4. The molecule has 0 bridgehead atoms. The van der Waals surface area contributed by atoms with Gasteiger partial charge in [-0.1, -0.05) is 12.1 Å². The third kappa shape index (κ3) is 1.56. The van der Waals surface area contributed by atoms with Gasteiger partial charge in [-0.25, -0.2) is 4.98 Å². The van der Waals surface area contributed by atoms with Gasteiger partial charge in [-0.05, 0) is 25.0 Å². The van der Waals surface area contributed by atoms with E-state index in [0.29, 0.717) is 12.4 Å². The SMILES string of the molecule is COc1nc(C2(CN)CC2)nc2ccccc12. The number of rotatable bonds is 3. The fourth-order valence-corrected chi connectivity index (χ4v) is 2.11. The third-order valence-corrected chi connectivity index (χ3v) is 3.48. The second-order valence-electron chi connectivity index (χ2n) is 4.56. The van der Waals surface area contributed by atoms with Crippen LogP contribution in [0, 0.1) is 0 Å². The zero-order valence-corrected chi connectivity index (χ0v) is 9.81. The third-order valence-electron chi connectivity index (χ3n) is 3.48. The molecule has 4 heteroatoms. The molecule has 0 aliphatic heterocycles. The van der Waals surface area contributed by atoms with Crippen LogP contribution in [0.25, 0.3) is 10.9 Å². The van der Waals surface area contributed by atoms with Crippen LogP contribution in [0.2, 0.25) is 0 Å². The molecule has 1 heterocycles. The van der Waals surface area contributed by atoms with Crippen molar-refractivity contribution in [1.29, 1.82) is 0 Å². The maximum atomic E-state index is 5.82. The van der Waals surface area contributed by atoms with Crippen molar-refractivity contribution in [2.75, 3.05) is 13.7 Å². The molecule has 0 unspecified atom stereocenters. The van der Waals surface area contributed by atoms with Gasteiger partial charge in [-0.15, -0.1) is 0 Å². The molecule has 2 aromatic rings. The molecule has 2 N–H and O–H groups in total. The molecule has 3 rings (SSSR count). The summed E-state index contributed by atoms with van der Waals surface area (Å²) in [4.78, 5) is 9.13. The predicted octanol–water partition coefficient (Wildman–Crippen LogP) is 1.63. The van der Waals surface area contributed by atoms with Gasteiger partial charge in [-0.3, -0.25) is 0 Å². The average Bonchev–Trinajstić information content (AvgIpc) is 3.18. The summed E-state index contributed by atoms with van der Waals surface area (Å²) in [7, 11) is 1.64. The second-order valence-corrected chi connectivity index (χ2v) is 4.56. The van der Waals surface area contributed by atoms with Crippen LogP contribution < -0.4 is 10.5 Å². The van der Waals surface area contributed by atoms with Crippen molar-refractivity contribution >= 4 is 10.9 Å². The molecule has 88 valence electrons. The molecule has 1 aromatic heterocycles. The molecule has 1 aromatic carbocycles. The minimum absolute atomic E-state index is 0.00267. The molecule has 1 aliphatic rings. The van der Waals surface area contributed by atoms with Gasteiger partial charge in [-0.2, -0.15) is 4.98 Å². The van der Waals surface area contributed by atoms with E-state index in [1.165, 1.54) is 0 Å². The van der Waals surface area contributed by atoms with Crippen molar-refractivity contribution in [1.82, 2.24) is 9.97 Å². The van der Waals surface area contributed by atoms with E-state index in [1.807, 2.05) is 24.3 Å². The van der Waals surface area contributed by atoms with Gasteiger partial charge >= 0.3 is 0 Å². The molecular formula is C13H15N3O. The lowest BCUT2D eigenvalue weighted by molar-refractivity contribution is 0.398. The maximum Gasteiger partial charge on any atom is 0.224 e. The van der Waals surface area contributed by atoms with Gasteiger partial charge in [0.1, 0.15) is 5.82 Å². The van der Waals surface area contributed by atoms with Crippen molar-refractivity contribution in [2.24, 2.45) is 5.73 Å². The zero-order chi connectivity index (χ0) is 11.9. The minimum Gasteiger partial charge on any atom is -0.480 e. The quantitative estimate of drug-likeness (QED) is 0.869. The van der Waals surface area contributed by atoms with Crippen LogP contribution in [-0.4, -0.2) is 23.6 Å². The first-order valence-electron chi connectivity index (χ1n) is 5.80. The fraction of sp³-hybridized carbons (Fsp3) is 0.385. The smallest absolute Gasteiger partial charge is 0.224 e. The van der Waals surface area contributed by atoms with Crippen molar-refractivity contribution in [3.8, 4) is 5.88 Å². The number of nitrogens with two attached hydrogens (primary N) is 1. The van der Waals surface area contributed by atoms with Crippen molar-refractivity contribution in [3.05, 3.63) is 30.1 Å². The summed E-state index contributed by atoms with van der Waals surface area (Å²) in [6, 6.07) is 7.89. The Balaban J connectivity index is 2.22. The van der Waals surface area contributed by atoms with Crippen LogP contribution in [0.5, 0.6) is 5.88 Å². The molecular weight excluding hydrogens is 214 g/mol. The molecule has 17 heavy (non-hydrogen) atoms. The van der Waals surface area contributed by atoms with E-state index in [0.717, 1.165) is 29.6 Å². The fourth-order valence-electron chi connectivity index (χ4n) is 2.11. The summed E-state index contributed by atoms with van der Waals surface area (Å²) < 4.78 is 5.34. The highest BCUT2D eigenvalue weighted by Gasteiger charge is 2.46. The average molecular weight is 229 g/mol. The van der Waals surface area contributed by atoms with Crippen LogP contribution in [0.15, 0.2) is 24.3 Å². The number of nitrogens with zero attached hydrogens (tertiary/aromatic N) is 2. The van der Waals surface area contributed by atoms with Gasteiger partial charge in [0, 0.05) is 12.0 Å². The molecule has 0 radical (unpaired) electrons. The summed E-state index contributed by atoms with van der Waals surface area (Å²) in [5, 5.41) is 0.951. The first-order chi connectivity index (χ1) is 8.29. The first-order valence-corrected chi connectivity index (χ1v) is 5.80. The minimum atomic E-state index is -0.00267. The van der Waals surface area contributed by atoms with Crippen LogP contribution >= 0.6 is 0 Å². The highest BCUT2D eigenvalue weighted by atomic mass is 16.5. The summed E-state index contributed by atoms with van der Waals surface area (Å²) >= 11 is 0. The Bertz CT molecular complexity index is 564. The Labute approximate surface area is 99.8 Å². The number of aromatic nitrogens is 2. The van der Waals surface area contributed by atoms with Crippen LogP contribution in [-0.2, 0) is 5.41 Å². The lowest BCUT2D eigenvalue weighted by atomic mass is 10.1. The van der Waals surface area contributed by atoms with E-state index in [4.69, 9.17) is 10.5 Å². The maximum absolute atomic E-state index is 5.82. The van der Waals surface area contributed by atoms with E-state index >= 15 is 0 Å². The lowest BCUT2D eigenvalue weighted by Gasteiger charge is -2.13. The van der Waals surface area contributed by atoms with E-state index < -0.39 is 0 Å². The number of benzene rings is 1. The summed E-state index contributed by atoms with van der Waals surface area (Å²) in [5.74, 6) is 1.47. The summed E-state index contributed by atoms with van der Waals surface area (Å²) in [6.07, 6.45) is 2.15. The van der Waals surface area contributed by atoms with Crippen molar-refractivity contribution < 1.29 is 4.74 Å². The number of ether oxygens (including phenoxy) is 1. The highest BCUT2D eigenvalue weighted by Crippen LogP contribution is 2.46. The van der Waals surface area contributed by atoms with Crippen LogP contribution in [0.4, 0.5) is 0 Å². The molecule has 0 saturated heterocycles. The van der Waals surface area contributed by atoms with E-state index in [1.54, 1.807) is 7.11 Å². The summed E-state index contributed by atoms with van der Waals surface area (Å²) in [5.41, 5.74) is 6.74. The van der Waals surface area contributed by atoms with Gasteiger partial charge in [0.2, 0.25) is 5.88 Å². The van der Waals surface area contributed by atoms with Crippen LogP contribution in [0.3, 0.4) is 0 Å². The monoisotopic (exact) mass is 229 g/mol. The number of methoxy groups -OCH3 is 1. The van der Waals surface area contributed by atoms with Crippen LogP contribution in [0.1, 0.15) is 18.7 Å². The van der Waals surface area contributed by atoms with Gasteiger partial charge < -0.3 is 10.5 Å². The van der Waals surface area contributed by atoms with E-state index in [-0.39, 0.29) is 5.41 Å². The van der Waals surface area contributed by atoms with Crippen molar-refractivity contribution in [2.45, 2.75) is 18.3 Å². The van der Waals surface area contributed by atoms with Crippen molar-refractivity contribution in [3.63, 3.8) is 0 Å². The standard InChI is InChI=1S/C13H15N3O/c1-17-11-9-4-2-3-5-10(9)15-12(16-11)13(8-14)6-7-13/h2-5H,6-8,14H2,1H3. The molecule has 1 fully saturated rings. The highest BCUT2D eigenvalue weighted by molar-refractivity contribution is 5.83. The summed E-state index contributed by atoms with van der Waals surface area (Å²) in [6.45, 7) is 0.606.